The molecule has 0 radical (unpaired) electrons. The number of likely N-dealkylation sites (N-methyl/N-ethyl adjacent to an activating group) is 1. The largest absolute Gasteiger partial charge is 0.497 e. The average molecular weight is 562 g/mol. The van der Waals surface area contributed by atoms with Gasteiger partial charge in [-0.05, 0) is 74.1 Å². The molecule has 0 unspecified atom stereocenters. The number of anilines is 2. The van der Waals surface area contributed by atoms with E-state index in [0.29, 0.717) is 41.5 Å². The highest BCUT2D eigenvalue weighted by atomic mass is 16.5. The molecule has 41 heavy (non-hydrogen) atoms. The minimum atomic E-state index is -0.412. The summed E-state index contributed by atoms with van der Waals surface area (Å²) in [6.07, 6.45) is 3.42. The summed E-state index contributed by atoms with van der Waals surface area (Å²) < 4.78 is 11.8. The summed E-state index contributed by atoms with van der Waals surface area (Å²) in [6, 6.07) is 15.6. The Bertz CT molecular complexity index is 1300. The van der Waals surface area contributed by atoms with Crippen LogP contribution in [0.15, 0.2) is 67.0 Å². The highest BCUT2D eigenvalue weighted by molar-refractivity contribution is 6.00. The first-order chi connectivity index (χ1) is 19.7. The van der Waals surface area contributed by atoms with Crippen LogP contribution in [0, 0.1) is 5.92 Å². The van der Waals surface area contributed by atoms with Gasteiger partial charge in [0.2, 0.25) is 5.91 Å². The minimum Gasteiger partial charge on any atom is -0.497 e. The third kappa shape index (κ3) is 8.18. The van der Waals surface area contributed by atoms with Crippen LogP contribution in [0.4, 0.5) is 16.2 Å². The van der Waals surface area contributed by atoms with Gasteiger partial charge >= 0.3 is 6.03 Å². The van der Waals surface area contributed by atoms with Gasteiger partial charge in [-0.25, -0.2) is 4.79 Å². The number of methoxy groups -OCH3 is 1. The normalized spacial score (nSPS) is 17.9. The summed E-state index contributed by atoms with van der Waals surface area (Å²) in [6.45, 7) is 5.59. The van der Waals surface area contributed by atoms with E-state index in [-0.39, 0.29) is 37.0 Å². The van der Waals surface area contributed by atoms with Crippen molar-refractivity contribution in [3.63, 3.8) is 0 Å². The van der Waals surface area contributed by atoms with Crippen LogP contribution in [0.2, 0.25) is 0 Å². The molecule has 3 aromatic rings. The van der Waals surface area contributed by atoms with Crippen LogP contribution in [0.3, 0.4) is 0 Å². The third-order valence-electron chi connectivity index (χ3n) is 7.22. The minimum absolute atomic E-state index is 0.00753. The van der Waals surface area contributed by atoms with Crippen molar-refractivity contribution in [1.82, 2.24) is 14.8 Å². The Morgan fingerprint density at radius 2 is 1.83 bits per heavy atom. The monoisotopic (exact) mass is 561 g/mol. The van der Waals surface area contributed by atoms with Gasteiger partial charge in [0.15, 0.2) is 0 Å². The number of nitrogens with zero attached hydrogens (tertiary/aromatic N) is 3. The molecular formula is C31H39N5O5. The van der Waals surface area contributed by atoms with Crippen LogP contribution in [0.1, 0.15) is 25.0 Å². The Morgan fingerprint density at radius 3 is 2.51 bits per heavy atom. The molecule has 2 heterocycles. The van der Waals surface area contributed by atoms with Crippen LogP contribution < -0.4 is 20.1 Å². The van der Waals surface area contributed by atoms with Gasteiger partial charge in [0.1, 0.15) is 17.6 Å². The lowest BCUT2D eigenvalue weighted by Crippen LogP contribution is -2.47. The maximum absolute atomic E-state index is 13.5. The highest BCUT2D eigenvalue weighted by Crippen LogP contribution is 2.29. The molecule has 0 bridgehead atoms. The number of ether oxygens (including phenoxy) is 2. The number of urea groups is 1. The molecule has 10 heteroatoms. The summed E-state index contributed by atoms with van der Waals surface area (Å²) in [5, 5.41) is 15.5. The molecule has 3 amide bonds. The predicted molar refractivity (Wildman–Crippen MR) is 158 cm³/mol. The summed E-state index contributed by atoms with van der Waals surface area (Å²) in [7, 11) is 3.62. The SMILES string of the molecule is COc1ccc(NC(=O)Nc2ccc3c(c2)CC(=O)N([C@H](C)CO)C[C@H](C)[C@H](CN(C)Cc2ccncc2)O3)cc1. The van der Waals surface area contributed by atoms with Gasteiger partial charge in [0, 0.05) is 54.9 Å². The van der Waals surface area contributed by atoms with Gasteiger partial charge in [0.05, 0.1) is 26.2 Å². The molecule has 2 aromatic carbocycles. The standard InChI is InChI=1S/C31H39N5O5/c1-21-17-36(22(2)20-37)30(38)16-24-15-26(34-31(39)33-25-5-8-27(40-4)9-6-25)7-10-28(24)41-29(21)19-35(3)18-23-11-13-32-14-12-23/h5-15,21-22,29,37H,16-20H2,1-4H3,(H2,33,34,39)/t21-,22+,29-/m0/s1. The number of fused-ring (bicyclic) bond motifs is 1. The number of nitrogens with one attached hydrogen (secondary N) is 2. The van der Waals surface area contributed by atoms with Crippen LogP contribution in [-0.2, 0) is 17.8 Å². The Labute approximate surface area is 241 Å². The fourth-order valence-electron chi connectivity index (χ4n) is 4.86. The summed E-state index contributed by atoms with van der Waals surface area (Å²) in [4.78, 5) is 34.2. The second-order valence-corrected chi connectivity index (χ2v) is 10.6. The van der Waals surface area contributed by atoms with Crippen molar-refractivity contribution < 1.29 is 24.2 Å². The molecule has 0 aliphatic carbocycles. The lowest BCUT2D eigenvalue weighted by molar-refractivity contribution is -0.134. The summed E-state index contributed by atoms with van der Waals surface area (Å²) in [5.41, 5.74) is 2.97. The molecule has 0 saturated heterocycles. The Hall–Kier alpha value is -4.15. The van der Waals surface area contributed by atoms with Crippen LogP contribution >= 0.6 is 0 Å². The van der Waals surface area contributed by atoms with E-state index in [1.807, 2.05) is 26.1 Å². The van der Waals surface area contributed by atoms with Crippen molar-refractivity contribution in [1.29, 1.82) is 0 Å². The van der Waals surface area contributed by atoms with E-state index in [2.05, 4.69) is 27.4 Å². The highest BCUT2D eigenvalue weighted by Gasteiger charge is 2.31. The zero-order valence-electron chi connectivity index (χ0n) is 24.0. The second kappa shape index (κ2) is 14.0. The molecule has 1 aromatic heterocycles. The molecular weight excluding hydrogens is 522 g/mol. The Balaban J connectivity index is 1.54. The molecule has 3 atom stereocenters. The molecule has 0 saturated carbocycles. The predicted octanol–water partition coefficient (Wildman–Crippen LogP) is 4.02. The van der Waals surface area contributed by atoms with E-state index < -0.39 is 6.03 Å². The zero-order valence-corrected chi connectivity index (χ0v) is 24.0. The van der Waals surface area contributed by atoms with Crippen molar-refractivity contribution in [2.24, 2.45) is 5.92 Å². The lowest BCUT2D eigenvalue weighted by atomic mass is 10.0. The topological polar surface area (TPSA) is 116 Å². The van der Waals surface area contributed by atoms with Crippen LogP contribution in [0.5, 0.6) is 11.5 Å². The number of benzene rings is 2. The van der Waals surface area contributed by atoms with E-state index >= 15 is 0 Å². The molecule has 1 aliphatic rings. The van der Waals surface area contributed by atoms with Gasteiger partial charge in [-0.3, -0.25) is 14.7 Å². The number of pyridine rings is 1. The molecule has 3 N–H and O–H groups in total. The van der Waals surface area contributed by atoms with Crippen molar-refractivity contribution in [2.45, 2.75) is 39.0 Å². The van der Waals surface area contributed by atoms with E-state index in [4.69, 9.17) is 9.47 Å². The Morgan fingerprint density at radius 1 is 1.15 bits per heavy atom. The van der Waals surface area contributed by atoms with Crippen molar-refractivity contribution in [3.05, 3.63) is 78.1 Å². The number of rotatable bonds is 9. The number of carbonyl (C=O) groups is 2. The Kier molecular flexibility index (Phi) is 10.2. The first-order valence-corrected chi connectivity index (χ1v) is 13.7. The number of amides is 3. The first kappa shape index (κ1) is 29.8. The summed E-state index contributed by atoms with van der Waals surface area (Å²) in [5.74, 6) is 1.19. The lowest BCUT2D eigenvalue weighted by Gasteiger charge is -2.34. The number of hydrogen-bond donors (Lipinski definition) is 3. The maximum Gasteiger partial charge on any atom is 0.323 e. The number of aliphatic hydroxyl groups excluding tert-OH is 1. The van der Waals surface area contributed by atoms with E-state index in [0.717, 1.165) is 12.1 Å². The van der Waals surface area contributed by atoms with E-state index in [1.54, 1.807) is 66.9 Å². The fourth-order valence-corrected chi connectivity index (χ4v) is 4.86. The number of aliphatic hydroxyl groups is 1. The molecule has 218 valence electrons. The van der Waals surface area contributed by atoms with Crippen LogP contribution in [0.25, 0.3) is 0 Å². The molecule has 0 spiro atoms. The number of carbonyl (C=O) groups excluding carboxylic acids is 2. The molecule has 10 nitrogen and oxygen atoms in total. The second-order valence-electron chi connectivity index (χ2n) is 10.6. The van der Waals surface area contributed by atoms with Gasteiger partial charge in [-0.1, -0.05) is 6.92 Å². The molecule has 1 aliphatic heterocycles. The smallest absolute Gasteiger partial charge is 0.323 e. The third-order valence-corrected chi connectivity index (χ3v) is 7.22. The number of hydrogen-bond acceptors (Lipinski definition) is 7. The van der Waals surface area contributed by atoms with Crippen molar-refractivity contribution in [2.75, 3.05) is 44.5 Å². The zero-order chi connectivity index (χ0) is 29.4. The van der Waals surface area contributed by atoms with Gasteiger partial charge in [-0.15, -0.1) is 0 Å². The van der Waals surface area contributed by atoms with Gasteiger partial charge < -0.3 is 30.1 Å². The maximum atomic E-state index is 13.5. The van der Waals surface area contributed by atoms with E-state index in [1.165, 1.54) is 0 Å². The molecule has 4 rings (SSSR count). The number of aromatic nitrogens is 1. The van der Waals surface area contributed by atoms with Gasteiger partial charge in [-0.2, -0.15) is 0 Å². The van der Waals surface area contributed by atoms with Crippen LogP contribution in [-0.4, -0.2) is 77.8 Å². The average Bonchev–Trinajstić information content (AvgIpc) is 3.01. The molecule has 0 fully saturated rings. The fraction of sp³-hybridized carbons (Fsp3) is 0.387. The van der Waals surface area contributed by atoms with E-state index in [9.17, 15) is 14.7 Å². The first-order valence-electron chi connectivity index (χ1n) is 13.7. The van der Waals surface area contributed by atoms with Crippen molar-refractivity contribution in [3.8, 4) is 11.5 Å². The summed E-state index contributed by atoms with van der Waals surface area (Å²) >= 11 is 0. The van der Waals surface area contributed by atoms with Crippen molar-refractivity contribution >= 4 is 23.3 Å². The quantitative estimate of drug-likeness (QED) is 0.361. The van der Waals surface area contributed by atoms with Gasteiger partial charge in [0.25, 0.3) is 0 Å².